The molecule has 1 N–H and O–H groups in total. The van der Waals surface area contributed by atoms with E-state index in [1.165, 1.54) is 11.8 Å². The standard InChI is InChI=1S/C27H28N4O2S/c1-4-16-31-26(21-12-14-22(15-13-21)33-17-19(2)3)29-30-27(31)34-18-25(32)28-24-11-7-9-20-8-5-6-10-23(20)24/h4-15,19H,1,16-18H2,2-3H3,(H,28,32). The summed E-state index contributed by atoms with van der Waals surface area (Å²) in [6.07, 6.45) is 1.80. The highest BCUT2D eigenvalue weighted by molar-refractivity contribution is 7.99. The first kappa shape index (κ1) is 23.6. The number of ether oxygens (including phenoxy) is 1. The Hall–Kier alpha value is -3.58. The Labute approximate surface area is 204 Å². The zero-order valence-corrected chi connectivity index (χ0v) is 20.2. The lowest BCUT2D eigenvalue weighted by Gasteiger charge is -2.11. The second kappa shape index (κ2) is 11.0. The van der Waals surface area contributed by atoms with Crippen molar-refractivity contribution in [2.24, 2.45) is 5.92 Å². The Kier molecular flexibility index (Phi) is 7.65. The summed E-state index contributed by atoms with van der Waals surface area (Å²) in [6.45, 7) is 9.32. The van der Waals surface area contributed by atoms with E-state index in [2.05, 4.69) is 35.9 Å². The molecule has 6 nitrogen and oxygen atoms in total. The Morgan fingerprint density at radius 2 is 1.85 bits per heavy atom. The number of anilines is 1. The Morgan fingerprint density at radius 1 is 1.09 bits per heavy atom. The van der Waals surface area contributed by atoms with Crippen LogP contribution < -0.4 is 10.1 Å². The van der Waals surface area contributed by atoms with Crippen LogP contribution >= 0.6 is 11.8 Å². The molecule has 0 spiro atoms. The number of nitrogens with one attached hydrogen (secondary N) is 1. The summed E-state index contributed by atoms with van der Waals surface area (Å²) < 4.78 is 7.74. The molecule has 1 amide bonds. The number of fused-ring (bicyclic) bond motifs is 1. The summed E-state index contributed by atoms with van der Waals surface area (Å²) in [5, 5.41) is 14.5. The molecule has 0 aliphatic carbocycles. The first-order valence-electron chi connectivity index (χ1n) is 11.2. The number of nitrogens with zero attached hydrogens (tertiary/aromatic N) is 3. The number of amides is 1. The first-order valence-corrected chi connectivity index (χ1v) is 12.2. The monoisotopic (exact) mass is 472 g/mol. The number of hydrogen-bond donors (Lipinski definition) is 1. The molecule has 0 saturated heterocycles. The van der Waals surface area contributed by atoms with Crippen LogP contribution in [0.1, 0.15) is 13.8 Å². The Balaban J connectivity index is 1.45. The van der Waals surface area contributed by atoms with Crippen LogP contribution in [0, 0.1) is 5.92 Å². The highest BCUT2D eigenvalue weighted by atomic mass is 32.2. The molecule has 4 rings (SSSR count). The number of rotatable bonds is 10. The molecule has 1 heterocycles. The zero-order valence-electron chi connectivity index (χ0n) is 19.4. The van der Waals surface area contributed by atoms with Crippen molar-refractivity contribution in [3.8, 4) is 17.1 Å². The highest BCUT2D eigenvalue weighted by Crippen LogP contribution is 2.27. The van der Waals surface area contributed by atoms with Gasteiger partial charge in [-0.3, -0.25) is 9.36 Å². The Morgan fingerprint density at radius 3 is 2.62 bits per heavy atom. The van der Waals surface area contributed by atoms with E-state index in [9.17, 15) is 4.79 Å². The molecule has 7 heteroatoms. The maximum absolute atomic E-state index is 12.7. The molecule has 0 fully saturated rings. The maximum atomic E-state index is 12.7. The van der Waals surface area contributed by atoms with E-state index in [4.69, 9.17) is 4.74 Å². The van der Waals surface area contributed by atoms with Crippen molar-refractivity contribution >= 4 is 34.1 Å². The summed E-state index contributed by atoms with van der Waals surface area (Å²) in [6, 6.07) is 21.7. The van der Waals surface area contributed by atoms with Crippen molar-refractivity contribution in [1.82, 2.24) is 14.8 Å². The molecule has 0 atom stereocenters. The number of hydrogen-bond acceptors (Lipinski definition) is 5. The second-order valence-corrected chi connectivity index (χ2v) is 9.24. The third-order valence-corrected chi connectivity index (χ3v) is 6.09. The molecular formula is C27H28N4O2S. The van der Waals surface area contributed by atoms with E-state index in [-0.39, 0.29) is 11.7 Å². The molecular weight excluding hydrogens is 444 g/mol. The van der Waals surface area contributed by atoms with Gasteiger partial charge in [0.25, 0.3) is 0 Å². The minimum absolute atomic E-state index is 0.0947. The lowest BCUT2D eigenvalue weighted by molar-refractivity contribution is -0.113. The predicted octanol–water partition coefficient (Wildman–Crippen LogP) is 6.05. The molecule has 0 aliphatic rings. The average molecular weight is 473 g/mol. The summed E-state index contributed by atoms with van der Waals surface area (Å²) in [5.74, 6) is 2.15. The molecule has 0 saturated carbocycles. The van der Waals surface area contributed by atoms with E-state index in [1.807, 2.05) is 71.3 Å². The molecule has 1 aromatic heterocycles. The molecule has 0 bridgehead atoms. The molecule has 0 unspecified atom stereocenters. The van der Waals surface area contributed by atoms with Crippen LogP contribution in [0.15, 0.2) is 84.5 Å². The van der Waals surface area contributed by atoms with E-state index >= 15 is 0 Å². The lowest BCUT2D eigenvalue weighted by Crippen LogP contribution is -2.15. The molecule has 174 valence electrons. The van der Waals surface area contributed by atoms with Crippen molar-refractivity contribution in [3.05, 3.63) is 79.4 Å². The van der Waals surface area contributed by atoms with Gasteiger partial charge in [-0.2, -0.15) is 0 Å². The first-order chi connectivity index (χ1) is 16.5. The highest BCUT2D eigenvalue weighted by Gasteiger charge is 2.15. The normalized spacial score (nSPS) is 11.0. The molecule has 0 aliphatic heterocycles. The van der Waals surface area contributed by atoms with Crippen molar-refractivity contribution in [2.45, 2.75) is 25.5 Å². The predicted molar refractivity (Wildman–Crippen MR) is 139 cm³/mol. The Bertz CT molecular complexity index is 1280. The zero-order chi connectivity index (χ0) is 23.9. The third-order valence-electron chi connectivity index (χ3n) is 5.12. The quantitative estimate of drug-likeness (QED) is 0.225. The van der Waals surface area contributed by atoms with Crippen LogP contribution in [-0.4, -0.2) is 33.0 Å². The van der Waals surface area contributed by atoms with Crippen LogP contribution in [-0.2, 0) is 11.3 Å². The fourth-order valence-corrected chi connectivity index (χ4v) is 4.26. The van der Waals surface area contributed by atoms with E-state index < -0.39 is 0 Å². The SMILES string of the molecule is C=CCn1c(SCC(=O)Nc2cccc3ccccc23)nnc1-c1ccc(OCC(C)C)cc1. The number of carbonyl (C=O) groups excluding carboxylic acids is 1. The third kappa shape index (κ3) is 5.66. The van der Waals surface area contributed by atoms with Gasteiger partial charge in [-0.25, -0.2) is 0 Å². The topological polar surface area (TPSA) is 69.0 Å². The van der Waals surface area contributed by atoms with Gasteiger partial charge in [-0.1, -0.05) is 68.1 Å². The van der Waals surface area contributed by atoms with Crippen molar-refractivity contribution in [3.63, 3.8) is 0 Å². The minimum atomic E-state index is -0.0947. The van der Waals surface area contributed by atoms with Crippen LogP contribution in [0.4, 0.5) is 5.69 Å². The summed E-state index contributed by atoms with van der Waals surface area (Å²) in [7, 11) is 0. The van der Waals surface area contributed by atoms with E-state index in [1.54, 1.807) is 6.08 Å². The van der Waals surface area contributed by atoms with Crippen molar-refractivity contribution in [1.29, 1.82) is 0 Å². The van der Waals surface area contributed by atoms with Gasteiger partial charge in [0.15, 0.2) is 11.0 Å². The van der Waals surface area contributed by atoms with Gasteiger partial charge in [-0.15, -0.1) is 16.8 Å². The molecule has 4 aromatic rings. The van der Waals surface area contributed by atoms with Crippen molar-refractivity contribution < 1.29 is 9.53 Å². The fraction of sp³-hybridized carbons (Fsp3) is 0.222. The van der Waals surface area contributed by atoms with Gasteiger partial charge in [0.05, 0.1) is 12.4 Å². The largest absolute Gasteiger partial charge is 0.493 e. The molecule has 34 heavy (non-hydrogen) atoms. The van der Waals surface area contributed by atoms with Gasteiger partial charge >= 0.3 is 0 Å². The van der Waals surface area contributed by atoms with Gasteiger partial charge in [0.1, 0.15) is 5.75 Å². The van der Waals surface area contributed by atoms with Gasteiger partial charge in [-0.05, 0) is 41.6 Å². The lowest BCUT2D eigenvalue weighted by atomic mass is 10.1. The number of thioether (sulfide) groups is 1. The summed E-state index contributed by atoms with van der Waals surface area (Å²) >= 11 is 1.35. The molecule has 3 aromatic carbocycles. The van der Waals surface area contributed by atoms with Gasteiger partial charge in [0.2, 0.25) is 5.91 Å². The van der Waals surface area contributed by atoms with E-state index in [0.717, 1.165) is 33.6 Å². The maximum Gasteiger partial charge on any atom is 0.234 e. The van der Waals surface area contributed by atoms with E-state index in [0.29, 0.717) is 24.2 Å². The van der Waals surface area contributed by atoms with Crippen LogP contribution in [0.5, 0.6) is 5.75 Å². The van der Waals surface area contributed by atoms with Gasteiger partial charge < -0.3 is 10.1 Å². The number of benzene rings is 3. The summed E-state index contributed by atoms with van der Waals surface area (Å²) in [5.41, 5.74) is 1.73. The van der Waals surface area contributed by atoms with Crippen LogP contribution in [0.2, 0.25) is 0 Å². The van der Waals surface area contributed by atoms with Crippen molar-refractivity contribution in [2.75, 3.05) is 17.7 Å². The fourth-order valence-electron chi connectivity index (χ4n) is 3.52. The number of allylic oxidation sites excluding steroid dienone is 1. The van der Waals surface area contributed by atoms with Crippen LogP contribution in [0.3, 0.4) is 0 Å². The minimum Gasteiger partial charge on any atom is -0.493 e. The average Bonchev–Trinajstić information content (AvgIpc) is 3.25. The van der Waals surface area contributed by atoms with Crippen LogP contribution in [0.25, 0.3) is 22.2 Å². The number of aromatic nitrogens is 3. The smallest absolute Gasteiger partial charge is 0.234 e. The van der Waals surface area contributed by atoms with Gasteiger partial charge in [0, 0.05) is 23.2 Å². The number of carbonyl (C=O) groups is 1. The summed E-state index contributed by atoms with van der Waals surface area (Å²) in [4.78, 5) is 12.7. The molecule has 0 radical (unpaired) electrons. The second-order valence-electron chi connectivity index (χ2n) is 8.30.